The Morgan fingerprint density at radius 1 is 1.58 bits per heavy atom. The summed E-state index contributed by atoms with van der Waals surface area (Å²) in [6.45, 7) is 2.75. The minimum Gasteiger partial charge on any atom is -0.469 e. The predicted octanol–water partition coefficient (Wildman–Crippen LogP) is 0.541. The molecule has 3 nitrogen and oxygen atoms in total. The molecule has 1 saturated heterocycles. The van der Waals surface area contributed by atoms with Crippen molar-refractivity contribution in [1.29, 1.82) is 0 Å². The lowest BCUT2D eigenvalue weighted by atomic mass is 9.94. The van der Waals surface area contributed by atoms with Crippen molar-refractivity contribution in [3.05, 3.63) is 24.2 Å². The number of hydrogen-bond acceptors (Lipinski definition) is 3. The normalized spacial score (nSPS) is 29.4. The fourth-order valence-electron chi connectivity index (χ4n) is 1.82. The van der Waals surface area contributed by atoms with Crippen LogP contribution in [0.25, 0.3) is 0 Å². The molecular formula is C9H14N2O. The van der Waals surface area contributed by atoms with Gasteiger partial charge in [-0.3, -0.25) is 0 Å². The first-order chi connectivity index (χ1) is 5.92. The van der Waals surface area contributed by atoms with E-state index in [0.717, 1.165) is 25.4 Å². The molecule has 2 rings (SSSR count). The van der Waals surface area contributed by atoms with E-state index in [0.29, 0.717) is 11.8 Å². The number of nitrogens with two attached hydrogens (primary N) is 1. The Labute approximate surface area is 71.9 Å². The number of furan rings is 1. The van der Waals surface area contributed by atoms with Gasteiger partial charge in [-0.15, -0.1) is 0 Å². The van der Waals surface area contributed by atoms with Gasteiger partial charge in [-0.1, -0.05) is 0 Å². The molecule has 0 bridgehead atoms. The van der Waals surface area contributed by atoms with Crippen LogP contribution in [0.4, 0.5) is 0 Å². The molecular weight excluding hydrogens is 152 g/mol. The highest BCUT2D eigenvalue weighted by Gasteiger charge is 2.28. The van der Waals surface area contributed by atoms with Gasteiger partial charge in [0, 0.05) is 12.5 Å². The van der Waals surface area contributed by atoms with Crippen LogP contribution in [0, 0.1) is 5.92 Å². The van der Waals surface area contributed by atoms with Crippen molar-refractivity contribution < 1.29 is 4.42 Å². The van der Waals surface area contributed by atoms with Crippen LogP contribution < -0.4 is 11.1 Å². The lowest BCUT2D eigenvalue weighted by molar-refractivity contribution is 0.419. The molecule has 66 valence electrons. The fourth-order valence-corrected chi connectivity index (χ4v) is 1.82. The Hall–Kier alpha value is -0.800. The van der Waals surface area contributed by atoms with Gasteiger partial charge in [0.05, 0.1) is 6.26 Å². The van der Waals surface area contributed by atoms with Crippen molar-refractivity contribution >= 4 is 0 Å². The molecule has 0 amide bonds. The lowest BCUT2D eigenvalue weighted by Crippen LogP contribution is -2.20. The molecule has 0 aliphatic carbocycles. The molecule has 1 aromatic heterocycles. The maximum Gasteiger partial charge on any atom is 0.108 e. The van der Waals surface area contributed by atoms with E-state index >= 15 is 0 Å². The van der Waals surface area contributed by atoms with Crippen LogP contribution in [-0.4, -0.2) is 19.6 Å². The third-order valence-electron chi connectivity index (χ3n) is 2.55. The van der Waals surface area contributed by atoms with Gasteiger partial charge in [0.25, 0.3) is 0 Å². The SMILES string of the molecule is NCC1CNCC1c1ccco1. The van der Waals surface area contributed by atoms with Gasteiger partial charge in [-0.05, 0) is 31.1 Å². The van der Waals surface area contributed by atoms with E-state index in [4.69, 9.17) is 10.2 Å². The second-order valence-corrected chi connectivity index (χ2v) is 3.28. The largest absolute Gasteiger partial charge is 0.469 e. The maximum atomic E-state index is 5.65. The molecule has 1 fully saturated rings. The highest BCUT2D eigenvalue weighted by atomic mass is 16.3. The van der Waals surface area contributed by atoms with Crippen molar-refractivity contribution in [1.82, 2.24) is 5.32 Å². The lowest BCUT2D eigenvalue weighted by Gasteiger charge is -2.13. The predicted molar refractivity (Wildman–Crippen MR) is 46.9 cm³/mol. The fraction of sp³-hybridized carbons (Fsp3) is 0.556. The summed E-state index contributed by atoms with van der Waals surface area (Å²) in [6.07, 6.45) is 1.72. The summed E-state index contributed by atoms with van der Waals surface area (Å²) in [7, 11) is 0. The van der Waals surface area contributed by atoms with Crippen LogP contribution in [0.5, 0.6) is 0 Å². The first kappa shape index (κ1) is 7.83. The second-order valence-electron chi connectivity index (χ2n) is 3.28. The van der Waals surface area contributed by atoms with Gasteiger partial charge in [0.15, 0.2) is 0 Å². The molecule has 0 spiro atoms. The minimum absolute atomic E-state index is 0.477. The van der Waals surface area contributed by atoms with Gasteiger partial charge < -0.3 is 15.5 Å². The molecule has 3 heteroatoms. The molecule has 2 atom stereocenters. The first-order valence-electron chi connectivity index (χ1n) is 4.36. The zero-order valence-electron chi connectivity index (χ0n) is 6.99. The van der Waals surface area contributed by atoms with Gasteiger partial charge in [0.2, 0.25) is 0 Å². The van der Waals surface area contributed by atoms with Crippen LogP contribution in [0.3, 0.4) is 0 Å². The summed E-state index contributed by atoms with van der Waals surface area (Å²) in [5, 5.41) is 3.32. The maximum absolute atomic E-state index is 5.65. The average Bonchev–Trinajstić information content (AvgIpc) is 2.74. The standard InChI is InChI=1S/C9H14N2O/c10-4-7-5-11-6-8(7)9-2-1-3-12-9/h1-3,7-8,11H,4-6,10H2. The van der Waals surface area contributed by atoms with Crippen LogP contribution in [-0.2, 0) is 0 Å². The third-order valence-corrected chi connectivity index (χ3v) is 2.55. The van der Waals surface area contributed by atoms with Crippen LogP contribution in [0.2, 0.25) is 0 Å². The molecule has 12 heavy (non-hydrogen) atoms. The van der Waals surface area contributed by atoms with E-state index in [1.807, 2.05) is 12.1 Å². The Morgan fingerprint density at radius 3 is 3.17 bits per heavy atom. The van der Waals surface area contributed by atoms with E-state index in [-0.39, 0.29) is 0 Å². The van der Waals surface area contributed by atoms with Crippen LogP contribution in [0.15, 0.2) is 22.8 Å². The molecule has 2 heterocycles. The Morgan fingerprint density at radius 2 is 2.50 bits per heavy atom. The highest BCUT2D eigenvalue weighted by molar-refractivity contribution is 5.10. The summed E-state index contributed by atoms with van der Waals surface area (Å²) in [5.74, 6) is 2.08. The topological polar surface area (TPSA) is 51.2 Å². The average molecular weight is 166 g/mol. The smallest absolute Gasteiger partial charge is 0.108 e. The van der Waals surface area contributed by atoms with Crippen molar-refractivity contribution in [2.45, 2.75) is 5.92 Å². The number of rotatable bonds is 2. The molecule has 0 aromatic carbocycles. The molecule has 3 N–H and O–H groups in total. The van der Waals surface area contributed by atoms with Gasteiger partial charge in [-0.25, -0.2) is 0 Å². The van der Waals surface area contributed by atoms with Crippen molar-refractivity contribution in [2.75, 3.05) is 19.6 Å². The molecule has 1 aliphatic rings. The first-order valence-corrected chi connectivity index (χ1v) is 4.36. The van der Waals surface area contributed by atoms with Crippen molar-refractivity contribution in [3.63, 3.8) is 0 Å². The minimum atomic E-state index is 0.477. The van der Waals surface area contributed by atoms with E-state index in [1.54, 1.807) is 6.26 Å². The molecule has 1 aromatic rings. The molecule has 0 radical (unpaired) electrons. The molecule has 0 saturated carbocycles. The Balaban J connectivity index is 2.13. The van der Waals surface area contributed by atoms with Gasteiger partial charge in [0.1, 0.15) is 5.76 Å². The van der Waals surface area contributed by atoms with Gasteiger partial charge in [-0.2, -0.15) is 0 Å². The summed E-state index contributed by atoms with van der Waals surface area (Å²) in [4.78, 5) is 0. The summed E-state index contributed by atoms with van der Waals surface area (Å²) in [5.41, 5.74) is 5.65. The zero-order chi connectivity index (χ0) is 8.39. The van der Waals surface area contributed by atoms with Crippen molar-refractivity contribution in [2.24, 2.45) is 11.7 Å². The third kappa shape index (κ3) is 1.26. The summed E-state index contributed by atoms with van der Waals surface area (Å²) >= 11 is 0. The van der Waals surface area contributed by atoms with E-state index < -0.39 is 0 Å². The Bertz CT molecular complexity index is 233. The zero-order valence-corrected chi connectivity index (χ0v) is 6.99. The van der Waals surface area contributed by atoms with Crippen LogP contribution in [0.1, 0.15) is 11.7 Å². The second kappa shape index (κ2) is 3.29. The Kier molecular flexibility index (Phi) is 2.15. The number of hydrogen-bond donors (Lipinski definition) is 2. The van der Waals surface area contributed by atoms with Gasteiger partial charge >= 0.3 is 0 Å². The van der Waals surface area contributed by atoms with E-state index in [1.165, 1.54) is 0 Å². The molecule has 1 aliphatic heterocycles. The molecule has 2 unspecified atom stereocenters. The van der Waals surface area contributed by atoms with E-state index in [2.05, 4.69) is 5.32 Å². The monoisotopic (exact) mass is 166 g/mol. The summed E-state index contributed by atoms with van der Waals surface area (Å²) in [6, 6.07) is 3.96. The quantitative estimate of drug-likeness (QED) is 0.674. The van der Waals surface area contributed by atoms with Crippen molar-refractivity contribution in [3.8, 4) is 0 Å². The summed E-state index contributed by atoms with van der Waals surface area (Å²) < 4.78 is 5.35. The number of nitrogens with one attached hydrogen (secondary N) is 1. The van der Waals surface area contributed by atoms with Crippen LogP contribution >= 0.6 is 0 Å². The van der Waals surface area contributed by atoms with E-state index in [9.17, 15) is 0 Å². The highest BCUT2D eigenvalue weighted by Crippen LogP contribution is 2.27.